The molecule has 0 unspecified atom stereocenters. The molecule has 0 aliphatic carbocycles. The Morgan fingerprint density at radius 2 is 0.400 bits per heavy atom. The summed E-state index contributed by atoms with van der Waals surface area (Å²) in [4.78, 5) is 0. The molecule has 1 radical (unpaired) electrons. The molecule has 0 rings (SSSR count). The van der Waals surface area contributed by atoms with Gasteiger partial charge in [0.2, 0.25) is 0 Å². The molecule has 0 saturated heterocycles. The molecule has 15 heavy (non-hydrogen) atoms. The fourth-order valence-corrected chi connectivity index (χ4v) is 0. The molecule has 0 aromatic heterocycles. The second-order valence-corrected chi connectivity index (χ2v) is 1.13. The molecule has 109 valence electrons. The van der Waals surface area contributed by atoms with E-state index < -0.39 is 21.6 Å². The quantitative estimate of drug-likeness (QED) is 0.385. The van der Waals surface area contributed by atoms with Crippen molar-refractivity contribution in [1.29, 1.82) is 0 Å². The van der Waals surface area contributed by atoms with Crippen LogP contribution in [0.1, 0.15) is 0 Å². The van der Waals surface area contributed by atoms with Crippen molar-refractivity contribution in [3.63, 3.8) is 0 Å². The van der Waals surface area contributed by atoms with E-state index in [2.05, 4.69) is 0 Å². The Labute approximate surface area is 99.9 Å². The van der Waals surface area contributed by atoms with Crippen LogP contribution >= 0.6 is 0 Å². The van der Waals surface area contributed by atoms with E-state index in [0.29, 0.717) is 0 Å². The van der Waals surface area contributed by atoms with Crippen molar-refractivity contribution < 1.29 is 99.4 Å². The first kappa shape index (κ1) is 76.2. The normalized spacial score (nSPS) is 4.80. The average Bonchev–Trinajstić information content (AvgIpc) is 1.25. The first-order chi connectivity index (χ1) is 3.46. The van der Waals surface area contributed by atoms with E-state index in [9.17, 15) is 0 Å². The SMILES string of the molecule is O.O.O.O.O.O.[Cu+2].[O-][Cl+2]([O-])[O-].[O-][Cl+2]([O-])[O-]. The topological polar surface area (TPSA) is 327 Å². The number of halogens is 2. The van der Waals surface area contributed by atoms with E-state index in [-0.39, 0.29) is 49.9 Å². The summed E-state index contributed by atoms with van der Waals surface area (Å²) in [5, 5.41) is 0. The van der Waals surface area contributed by atoms with E-state index in [0.717, 1.165) is 0 Å². The predicted octanol–water partition coefficient (Wildman–Crippen LogP) is -12.1. The molecule has 12 nitrogen and oxygen atoms in total. The van der Waals surface area contributed by atoms with Crippen LogP contribution in [-0.2, 0) is 17.1 Å². The van der Waals surface area contributed by atoms with Crippen LogP contribution in [0.2, 0.25) is 0 Å². The summed E-state index contributed by atoms with van der Waals surface area (Å²) in [5.41, 5.74) is 0. The Bertz CT molecular complexity index is 29.1. The molecule has 12 N–H and O–H groups in total. The van der Waals surface area contributed by atoms with Gasteiger partial charge in [-0.3, -0.25) is 0 Å². The van der Waals surface area contributed by atoms with Gasteiger partial charge in [0, 0.05) is 0 Å². The Morgan fingerprint density at radius 1 is 0.400 bits per heavy atom. The molecule has 0 atom stereocenters. The summed E-state index contributed by atoms with van der Waals surface area (Å²) < 4.78 is 50.4. The molecule has 0 aliphatic heterocycles. The number of hydrogen-bond donors (Lipinski definition) is 0. The first-order valence-electron chi connectivity index (χ1n) is 0.926. The van der Waals surface area contributed by atoms with Gasteiger partial charge in [-0.1, -0.05) is 0 Å². The Balaban J connectivity index is -0.00000000468. The molecule has 0 aromatic rings. The van der Waals surface area contributed by atoms with Crippen molar-refractivity contribution >= 4 is 0 Å². The summed E-state index contributed by atoms with van der Waals surface area (Å²) in [6.07, 6.45) is 0. The monoisotopic (exact) mass is 337 g/mol. The van der Waals surface area contributed by atoms with E-state index >= 15 is 0 Å². The van der Waals surface area contributed by atoms with Gasteiger partial charge < -0.3 is 60.8 Å². The standard InChI is InChI=1S/2ClO3.Cu.6H2O/c2*2-1(3)4;;;;;;;/h;;;6*1H2/q2*-1;+2;;;;;;. The predicted molar refractivity (Wildman–Crippen MR) is 21.7 cm³/mol. The van der Waals surface area contributed by atoms with Crippen LogP contribution in [0, 0.1) is 21.6 Å². The zero-order chi connectivity index (χ0) is 7.15. The third-order valence-corrected chi connectivity index (χ3v) is 0. The van der Waals surface area contributed by atoms with Gasteiger partial charge in [-0.2, -0.15) is 0 Å². The minimum Gasteiger partial charge on any atom is -0.412 e. The van der Waals surface area contributed by atoms with Crippen LogP contribution in [-0.4, -0.2) is 32.9 Å². The second kappa shape index (κ2) is 61.9. The third kappa shape index (κ3) is 6070. The number of hydrogen-bond acceptors (Lipinski definition) is 6. The molecule has 15 heteroatoms. The fraction of sp³-hybridized carbons (Fsp3) is 0. The Kier molecular flexibility index (Phi) is 314. The first-order valence-corrected chi connectivity index (χ1v) is 2.78. The van der Waals surface area contributed by atoms with Gasteiger partial charge in [0.25, 0.3) is 0 Å². The van der Waals surface area contributed by atoms with Gasteiger partial charge in [0.05, 0.1) is 21.6 Å². The van der Waals surface area contributed by atoms with E-state index in [1.165, 1.54) is 0 Å². The largest absolute Gasteiger partial charge is 2.00 e. The van der Waals surface area contributed by atoms with E-state index in [1.807, 2.05) is 0 Å². The van der Waals surface area contributed by atoms with Crippen LogP contribution in [0.4, 0.5) is 0 Å². The van der Waals surface area contributed by atoms with Crippen molar-refractivity contribution in [1.82, 2.24) is 0 Å². The van der Waals surface area contributed by atoms with Crippen LogP contribution in [0.5, 0.6) is 0 Å². The zero-order valence-electron chi connectivity index (χ0n) is 6.51. The van der Waals surface area contributed by atoms with Gasteiger partial charge in [-0.15, -0.1) is 0 Å². The fourth-order valence-electron chi connectivity index (χ4n) is 0. The molecule has 0 aromatic carbocycles. The molecule has 0 aliphatic rings. The smallest absolute Gasteiger partial charge is 0.412 e. The maximum Gasteiger partial charge on any atom is 2.00 e. The summed E-state index contributed by atoms with van der Waals surface area (Å²) >= 11 is 0. The maximum absolute atomic E-state index is 8.41. The zero-order valence-corrected chi connectivity index (χ0v) is 8.96. The summed E-state index contributed by atoms with van der Waals surface area (Å²) in [6.45, 7) is 0. The summed E-state index contributed by atoms with van der Waals surface area (Å²) in [7, 11) is -5.70. The van der Waals surface area contributed by atoms with Crippen LogP contribution in [0.25, 0.3) is 0 Å². The van der Waals surface area contributed by atoms with Gasteiger partial charge in [0.15, 0.2) is 0 Å². The molecule has 0 saturated carbocycles. The third-order valence-electron chi connectivity index (χ3n) is 0. The van der Waals surface area contributed by atoms with Crippen molar-refractivity contribution in [3.8, 4) is 0 Å². The van der Waals surface area contributed by atoms with Crippen molar-refractivity contribution in [2.75, 3.05) is 0 Å². The van der Waals surface area contributed by atoms with Crippen LogP contribution < -0.4 is 28.0 Å². The Hall–Kier alpha value is 0.619. The van der Waals surface area contributed by atoms with Gasteiger partial charge >= 0.3 is 17.1 Å². The van der Waals surface area contributed by atoms with E-state index in [4.69, 9.17) is 28.0 Å². The number of rotatable bonds is 0. The Morgan fingerprint density at radius 3 is 0.400 bits per heavy atom. The van der Waals surface area contributed by atoms with Gasteiger partial charge in [-0.25, -0.2) is 0 Å². The van der Waals surface area contributed by atoms with Crippen LogP contribution in [0.3, 0.4) is 0 Å². The van der Waals surface area contributed by atoms with E-state index in [1.54, 1.807) is 0 Å². The summed E-state index contributed by atoms with van der Waals surface area (Å²) in [5.74, 6) is 0. The second-order valence-electron chi connectivity index (χ2n) is 0.378. The summed E-state index contributed by atoms with van der Waals surface area (Å²) in [6, 6.07) is 0. The minimum absolute atomic E-state index is 0. The molecule has 0 fully saturated rings. The van der Waals surface area contributed by atoms with Gasteiger partial charge in [-0.05, 0) is 0 Å². The van der Waals surface area contributed by atoms with Crippen molar-refractivity contribution in [3.05, 3.63) is 0 Å². The van der Waals surface area contributed by atoms with Crippen molar-refractivity contribution in [2.45, 2.75) is 0 Å². The molecular weight excluding hydrogens is 326 g/mol. The molecular formula is H12Cl2CuO12. The van der Waals surface area contributed by atoms with Crippen molar-refractivity contribution in [2.24, 2.45) is 0 Å². The van der Waals surface area contributed by atoms with Gasteiger partial charge in [0.1, 0.15) is 0 Å². The minimum atomic E-state index is -2.85. The van der Waals surface area contributed by atoms with Crippen LogP contribution in [0.15, 0.2) is 0 Å². The maximum atomic E-state index is 8.41. The molecule has 0 bridgehead atoms. The molecule has 0 spiro atoms. The molecule has 0 amide bonds. The average molecular weight is 339 g/mol. The molecule has 0 heterocycles.